The molecule has 256 valence electrons. The van der Waals surface area contributed by atoms with E-state index in [0.29, 0.717) is 38.0 Å². The van der Waals surface area contributed by atoms with Crippen LogP contribution in [0.4, 0.5) is 0 Å². The lowest BCUT2D eigenvalue weighted by molar-refractivity contribution is -0.249. The molecule has 2 N–H and O–H groups in total. The van der Waals surface area contributed by atoms with Gasteiger partial charge in [-0.25, -0.2) is 0 Å². The molecule has 2 rings (SSSR count). The van der Waals surface area contributed by atoms with E-state index in [0.717, 1.165) is 50.5 Å². The molecule has 0 aromatic heterocycles. The summed E-state index contributed by atoms with van der Waals surface area (Å²) in [7, 11) is 5.20. The molecule has 0 amide bonds. The fourth-order valence-corrected chi connectivity index (χ4v) is 5.37. The van der Waals surface area contributed by atoms with Gasteiger partial charge in [0.15, 0.2) is 6.29 Å². The van der Waals surface area contributed by atoms with Crippen molar-refractivity contribution in [1.29, 1.82) is 0 Å². The molecule has 7 atom stereocenters. The number of nitrogens with zero attached hydrogens (tertiary/aromatic N) is 3. The molecule has 0 bridgehead atoms. The molecule has 0 saturated carbocycles. The second-order valence-corrected chi connectivity index (χ2v) is 12.0. The van der Waals surface area contributed by atoms with Gasteiger partial charge in [0.1, 0.15) is 6.23 Å². The van der Waals surface area contributed by atoms with E-state index < -0.39 is 0 Å². The molecule has 2 heterocycles. The number of ether oxygens (including phenoxy) is 3. The first-order valence-corrected chi connectivity index (χ1v) is 16.7. The number of hydrogen-bond donors (Lipinski definition) is 2. The highest BCUT2D eigenvalue weighted by Crippen LogP contribution is 2.30. The normalized spacial score (nSPS) is 27.2. The number of rotatable bonds is 10. The van der Waals surface area contributed by atoms with Crippen LogP contribution >= 0.6 is 0 Å². The molecular weight excluding hydrogens is 546 g/mol. The van der Waals surface area contributed by atoms with E-state index in [1.165, 1.54) is 0 Å². The Balaban J connectivity index is 0. The monoisotopic (exact) mass is 616 g/mol. The fraction of sp³-hybridized carbons (Fsp3) is 0.882. The van der Waals surface area contributed by atoms with Gasteiger partial charge >= 0.3 is 5.97 Å². The zero-order chi connectivity index (χ0) is 33.7. The summed E-state index contributed by atoms with van der Waals surface area (Å²) in [6.45, 7) is 25.7. The highest BCUT2D eigenvalue weighted by molar-refractivity contribution is 5.90. The van der Waals surface area contributed by atoms with Gasteiger partial charge in [-0.05, 0) is 78.3 Å². The second-order valence-electron chi connectivity index (χ2n) is 12.0. The minimum Gasteiger partial charge on any atom is -0.465 e. The number of carbonyl (C=O) groups excluding carboxylic acids is 1. The molecule has 0 aromatic rings. The minimum absolute atomic E-state index is 0.0919. The predicted molar refractivity (Wildman–Crippen MR) is 178 cm³/mol. The topological polar surface area (TPSA) is 104 Å². The lowest BCUT2D eigenvalue weighted by Gasteiger charge is -2.42. The van der Waals surface area contributed by atoms with Crippen LogP contribution in [0.5, 0.6) is 0 Å². The van der Waals surface area contributed by atoms with Crippen LogP contribution in [0.15, 0.2) is 17.3 Å². The number of aliphatic hydroxyl groups is 1. The first-order chi connectivity index (χ1) is 20.4. The molecule has 0 aromatic carbocycles. The summed E-state index contributed by atoms with van der Waals surface area (Å²) in [5.41, 5.74) is 1.90. The first kappa shape index (κ1) is 43.6. The molecule has 43 heavy (non-hydrogen) atoms. The molecule has 5 unspecified atom stereocenters. The van der Waals surface area contributed by atoms with Gasteiger partial charge in [0, 0.05) is 26.1 Å². The van der Waals surface area contributed by atoms with Crippen molar-refractivity contribution < 1.29 is 29.3 Å². The van der Waals surface area contributed by atoms with Gasteiger partial charge in [-0.1, -0.05) is 72.7 Å². The summed E-state index contributed by atoms with van der Waals surface area (Å²) in [5, 5.41) is 20.7. The Labute approximate surface area is 265 Å². The number of hydrogen-bond acceptors (Lipinski definition) is 9. The van der Waals surface area contributed by atoms with Crippen molar-refractivity contribution in [3.8, 4) is 0 Å². The van der Waals surface area contributed by atoms with Gasteiger partial charge in [0.25, 0.3) is 0 Å². The third kappa shape index (κ3) is 16.4. The summed E-state index contributed by atoms with van der Waals surface area (Å²) in [5.74, 6) is 0.0442. The Kier molecular flexibility index (Phi) is 25.1. The summed E-state index contributed by atoms with van der Waals surface area (Å²) >= 11 is 0. The molecule has 2 aliphatic heterocycles. The minimum atomic E-state index is -0.357. The first-order valence-electron chi connectivity index (χ1n) is 16.7. The Morgan fingerprint density at radius 2 is 1.70 bits per heavy atom. The number of esters is 1. The predicted octanol–water partition coefficient (Wildman–Crippen LogP) is 6.96. The highest BCUT2D eigenvalue weighted by atomic mass is 16.7. The van der Waals surface area contributed by atoms with Gasteiger partial charge in [0.05, 0.1) is 30.4 Å². The molecule has 0 aliphatic carbocycles. The van der Waals surface area contributed by atoms with Crippen LogP contribution in [0.3, 0.4) is 0 Å². The Bertz CT molecular complexity index is 760. The quantitative estimate of drug-likeness (QED) is 0.118. The lowest BCUT2D eigenvalue weighted by atomic mass is 9.94. The summed E-state index contributed by atoms with van der Waals surface area (Å²) in [4.78, 5) is 17.1. The third-order valence-corrected chi connectivity index (χ3v) is 7.79. The van der Waals surface area contributed by atoms with Crippen LogP contribution in [0, 0.1) is 17.8 Å². The number of aliphatic hydroxyl groups excluding tert-OH is 1. The van der Waals surface area contributed by atoms with Gasteiger partial charge < -0.3 is 29.4 Å². The lowest BCUT2D eigenvalue weighted by Crippen LogP contribution is -2.52. The molecule has 9 heteroatoms. The van der Waals surface area contributed by atoms with E-state index in [2.05, 4.69) is 56.4 Å². The average Bonchev–Trinajstić information content (AvgIpc) is 3.04. The van der Waals surface area contributed by atoms with E-state index in [9.17, 15) is 10.0 Å². The van der Waals surface area contributed by atoms with Crippen molar-refractivity contribution in [3.63, 3.8) is 0 Å². The van der Waals surface area contributed by atoms with Crippen molar-refractivity contribution in [2.75, 3.05) is 34.4 Å². The smallest absolute Gasteiger partial charge is 0.308 e. The van der Waals surface area contributed by atoms with E-state index in [1.54, 1.807) is 0 Å². The van der Waals surface area contributed by atoms with Crippen LogP contribution in [-0.4, -0.2) is 96.9 Å². The van der Waals surface area contributed by atoms with E-state index >= 15 is 0 Å². The summed E-state index contributed by atoms with van der Waals surface area (Å²) in [6, 6.07) is 0.227. The fourth-order valence-electron chi connectivity index (χ4n) is 5.37. The van der Waals surface area contributed by atoms with Crippen LogP contribution in [0.1, 0.15) is 114 Å². The van der Waals surface area contributed by atoms with Crippen molar-refractivity contribution in [2.24, 2.45) is 22.9 Å². The van der Waals surface area contributed by atoms with Crippen molar-refractivity contribution in [3.05, 3.63) is 12.2 Å². The van der Waals surface area contributed by atoms with Crippen molar-refractivity contribution in [2.45, 2.75) is 145 Å². The van der Waals surface area contributed by atoms with Gasteiger partial charge in [0.2, 0.25) is 0 Å². The Hall–Kier alpha value is -1.52. The van der Waals surface area contributed by atoms with Gasteiger partial charge in [-0.2, -0.15) is 0 Å². The maximum Gasteiger partial charge on any atom is 0.308 e. The molecule has 2 saturated heterocycles. The maximum absolute atomic E-state index is 12.6. The zero-order valence-corrected chi connectivity index (χ0v) is 30.1. The molecule has 2 fully saturated rings. The molecular formula is C34H69N3O6. The molecule has 9 nitrogen and oxygen atoms in total. The molecule has 0 spiro atoms. The maximum atomic E-state index is 12.6. The third-order valence-electron chi connectivity index (χ3n) is 7.79. The zero-order valence-electron chi connectivity index (χ0n) is 30.1. The standard InChI is InChI=1S/C29H53N3O5.2C2H6.CH4O/c1-19(2)18-35-29(33)22(5)13-14-26(37-27-16-25(31(8)9)15-23(6)36-27)32-17-20(3)11-10-12-21(4)28(30-34)24(32)7;3*1-2/h19,21-27,34H,3,10-18H2,1-2,4-9H3;2*1-2H3;2H,1H3/b30-28-;;;/t21?,22?,23?,24-,25?,26+,27?;;;/m0.../s1. The van der Waals surface area contributed by atoms with E-state index in [1.807, 2.05) is 48.5 Å². The van der Waals surface area contributed by atoms with Crippen LogP contribution in [0.25, 0.3) is 0 Å². The Morgan fingerprint density at radius 1 is 1.09 bits per heavy atom. The largest absolute Gasteiger partial charge is 0.465 e. The Morgan fingerprint density at radius 3 is 2.23 bits per heavy atom. The SMILES string of the molecule is C=C1CCCC(C)/C(=N/O)[C@H](C)N([C@@H](CCC(C)C(=O)OCC(C)C)OC2CC(N(C)C)CC(C)O2)C1.CC.CC.CO. The van der Waals surface area contributed by atoms with Crippen LogP contribution in [0.2, 0.25) is 0 Å². The summed E-state index contributed by atoms with van der Waals surface area (Å²) < 4.78 is 18.5. The van der Waals surface area contributed by atoms with Gasteiger partial charge in [-0.3, -0.25) is 9.69 Å². The number of oxime groups is 1. The van der Waals surface area contributed by atoms with Crippen LogP contribution in [-0.2, 0) is 19.0 Å². The average molecular weight is 616 g/mol. The second kappa shape index (κ2) is 24.8. The van der Waals surface area contributed by atoms with Gasteiger partial charge in [-0.15, -0.1) is 0 Å². The van der Waals surface area contributed by atoms with Crippen LogP contribution < -0.4 is 0 Å². The van der Waals surface area contributed by atoms with Crippen molar-refractivity contribution in [1.82, 2.24) is 9.80 Å². The van der Waals surface area contributed by atoms with Crippen molar-refractivity contribution >= 4 is 11.7 Å². The van der Waals surface area contributed by atoms with E-state index in [-0.39, 0.29) is 42.5 Å². The molecule has 0 radical (unpaired) electrons. The molecule has 2 aliphatic rings. The number of carbonyl (C=O) groups is 1. The highest BCUT2D eigenvalue weighted by Gasteiger charge is 2.36. The van der Waals surface area contributed by atoms with E-state index in [4.69, 9.17) is 19.3 Å². The summed E-state index contributed by atoms with van der Waals surface area (Å²) in [6.07, 6.45) is 5.29.